The van der Waals surface area contributed by atoms with Crippen molar-refractivity contribution in [1.82, 2.24) is 0 Å². The lowest BCUT2D eigenvalue weighted by Crippen LogP contribution is -1.81. The number of nitrogens with zero attached hydrogens (tertiary/aromatic N) is 1. The topological polar surface area (TPSA) is 23.8 Å². The van der Waals surface area contributed by atoms with E-state index in [2.05, 4.69) is 5.75 Å². The van der Waals surface area contributed by atoms with Crippen molar-refractivity contribution in [3.63, 3.8) is 0 Å². The number of hydrogen-bond donors (Lipinski definition) is 0. The summed E-state index contributed by atoms with van der Waals surface area (Å²) in [5, 5.41) is 10.1. The van der Waals surface area contributed by atoms with Gasteiger partial charge in [-0.2, -0.15) is 5.26 Å². The Morgan fingerprint density at radius 1 is 1.86 bits per heavy atom. The third-order valence-electron chi connectivity index (χ3n) is 0.673. The van der Waals surface area contributed by atoms with Crippen LogP contribution in [0.2, 0.25) is 0 Å². The van der Waals surface area contributed by atoms with Crippen LogP contribution in [0.5, 0.6) is 0 Å². The largest absolute Gasteiger partial charge is 0.198 e. The van der Waals surface area contributed by atoms with E-state index in [0.717, 1.165) is 0 Å². The van der Waals surface area contributed by atoms with Gasteiger partial charge in [0.25, 0.3) is 0 Å². The maximum Gasteiger partial charge on any atom is 0.0831 e. The highest BCUT2D eigenvalue weighted by atomic mass is 32.2. The third kappa shape index (κ3) is 0.971. The second-order valence-electron chi connectivity index (χ2n) is 1.17. The predicted octanol–water partition coefficient (Wildman–Crippen LogP) is 1.43. The monoisotopic (exact) mass is 109 g/mol. The zero-order valence-electron chi connectivity index (χ0n) is 3.59. The number of thioether (sulfide) groups is 1. The zero-order chi connectivity index (χ0) is 5.11. The van der Waals surface area contributed by atoms with E-state index in [1.807, 2.05) is 17.6 Å². The quantitative estimate of drug-likeness (QED) is 0.469. The Kier molecular flexibility index (Phi) is 1.38. The number of allylic oxidation sites excluding steroid dienone is 1. The minimum atomic E-state index is -0.0648. The average Bonchev–Trinajstić information content (AvgIpc) is 2.14. The minimum absolute atomic E-state index is 0.0648. The summed E-state index contributed by atoms with van der Waals surface area (Å²) in [6, 6.07) is 2.05. The van der Waals surface area contributed by atoms with Gasteiger partial charge < -0.3 is 0 Å². The van der Waals surface area contributed by atoms with Gasteiger partial charge in [-0.25, -0.2) is 0 Å². The second-order valence-corrected chi connectivity index (χ2v) is 1.91. The first kappa shape index (κ1) is 4.73. The van der Waals surface area contributed by atoms with Gasteiger partial charge in [-0.15, -0.1) is 11.8 Å². The Morgan fingerprint density at radius 2 is 2.71 bits per heavy atom. The van der Waals surface area contributed by atoms with Crippen molar-refractivity contribution < 1.29 is 0 Å². The van der Waals surface area contributed by atoms with E-state index < -0.39 is 0 Å². The molecular weight excluding hydrogens is 106 g/mol. The van der Waals surface area contributed by atoms with Crippen LogP contribution in [0.3, 0.4) is 0 Å². The lowest BCUT2D eigenvalue weighted by Gasteiger charge is -1.83. The van der Waals surface area contributed by atoms with E-state index in [1.54, 1.807) is 0 Å². The van der Waals surface area contributed by atoms with Gasteiger partial charge in [-0.3, -0.25) is 0 Å². The first-order valence-corrected chi connectivity index (χ1v) is 2.79. The molecule has 0 N–H and O–H groups in total. The van der Waals surface area contributed by atoms with Gasteiger partial charge in [0, 0.05) is 0 Å². The van der Waals surface area contributed by atoms with Gasteiger partial charge in [-0.05, 0) is 5.41 Å². The molecule has 0 fully saturated rings. The van der Waals surface area contributed by atoms with Gasteiger partial charge in [0.15, 0.2) is 0 Å². The molecule has 0 aliphatic carbocycles. The SMILES string of the molecule is N#CC1[C]SC=C1. The van der Waals surface area contributed by atoms with Crippen molar-refractivity contribution in [3.05, 3.63) is 17.2 Å². The summed E-state index contributed by atoms with van der Waals surface area (Å²) >= 11 is 1.45. The van der Waals surface area contributed by atoms with E-state index in [-0.39, 0.29) is 5.92 Å². The van der Waals surface area contributed by atoms with Gasteiger partial charge in [-0.1, -0.05) is 6.08 Å². The summed E-state index contributed by atoms with van der Waals surface area (Å²) in [7, 11) is 0. The first-order chi connectivity index (χ1) is 3.43. The fraction of sp³-hybridized carbons (Fsp3) is 0.200. The molecule has 2 heteroatoms. The maximum absolute atomic E-state index is 8.19. The molecule has 0 spiro atoms. The molecular formula is C5H3NS. The highest BCUT2D eigenvalue weighted by Crippen LogP contribution is 2.23. The molecule has 0 amide bonds. The van der Waals surface area contributed by atoms with Crippen LogP contribution >= 0.6 is 11.8 Å². The van der Waals surface area contributed by atoms with E-state index >= 15 is 0 Å². The first-order valence-electron chi connectivity index (χ1n) is 1.91. The standard InChI is InChI=1S/C5H3NS/c6-3-5-1-2-7-4-5/h1-2,5H. The molecule has 1 aliphatic heterocycles. The minimum Gasteiger partial charge on any atom is -0.198 e. The molecule has 1 nitrogen and oxygen atoms in total. The predicted molar refractivity (Wildman–Crippen MR) is 29.1 cm³/mol. The fourth-order valence-corrected chi connectivity index (χ4v) is 0.931. The Labute approximate surface area is 47.0 Å². The summed E-state index contributed by atoms with van der Waals surface area (Å²) in [6.45, 7) is 0. The van der Waals surface area contributed by atoms with Gasteiger partial charge in [0.2, 0.25) is 0 Å². The van der Waals surface area contributed by atoms with Gasteiger partial charge in [0.05, 0.1) is 17.7 Å². The second kappa shape index (κ2) is 2.04. The van der Waals surface area contributed by atoms with Gasteiger partial charge >= 0.3 is 0 Å². The molecule has 0 saturated carbocycles. The number of nitriles is 1. The summed E-state index contributed by atoms with van der Waals surface area (Å²) in [6.07, 6.45) is 1.82. The third-order valence-corrected chi connectivity index (χ3v) is 1.36. The molecule has 0 aromatic rings. The fourth-order valence-electron chi connectivity index (χ4n) is 0.339. The van der Waals surface area contributed by atoms with Gasteiger partial charge in [0.1, 0.15) is 0 Å². The smallest absolute Gasteiger partial charge is 0.0831 e. The molecule has 0 saturated heterocycles. The normalized spacial score (nSPS) is 27.6. The van der Waals surface area contributed by atoms with Crippen molar-refractivity contribution >= 4 is 11.8 Å². The van der Waals surface area contributed by atoms with Crippen molar-refractivity contribution in [2.24, 2.45) is 5.92 Å². The molecule has 34 valence electrons. The van der Waals surface area contributed by atoms with Crippen molar-refractivity contribution in [2.45, 2.75) is 0 Å². The lowest BCUT2D eigenvalue weighted by atomic mass is 10.2. The summed E-state index contributed by atoms with van der Waals surface area (Å²) in [5.74, 6) is 2.79. The van der Waals surface area contributed by atoms with E-state index in [4.69, 9.17) is 5.26 Å². The molecule has 2 radical (unpaired) electrons. The molecule has 0 aromatic carbocycles. The van der Waals surface area contributed by atoms with Crippen LogP contribution in [0.25, 0.3) is 0 Å². The van der Waals surface area contributed by atoms with E-state index in [9.17, 15) is 0 Å². The number of rotatable bonds is 0. The highest BCUT2D eigenvalue weighted by molar-refractivity contribution is 8.04. The van der Waals surface area contributed by atoms with Crippen LogP contribution in [-0.4, -0.2) is 0 Å². The van der Waals surface area contributed by atoms with Crippen LogP contribution < -0.4 is 0 Å². The Hall–Kier alpha value is -0.420. The van der Waals surface area contributed by atoms with Crippen LogP contribution in [0.4, 0.5) is 0 Å². The molecule has 1 rings (SSSR count). The molecule has 0 bridgehead atoms. The van der Waals surface area contributed by atoms with Crippen LogP contribution in [0, 0.1) is 23.0 Å². The Bertz CT molecular complexity index is 123. The van der Waals surface area contributed by atoms with E-state index in [1.165, 1.54) is 11.8 Å². The molecule has 1 heterocycles. The van der Waals surface area contributed by atoms with Crippen molar-refractivity contribution in [1.29, 1.82) is 5.26 Å². The Balaban J connectivity index is 2.47. The van der Waals surface area contributed by atoms with Crippen LogP contribution in [0.15, 0.2) is 11.5 Å². The van der Waals surface area contributed by atoms with Crippen LogP contribution in [-0.2, 0) is 0 Å². The molecule has 7 heavy (non-hydrogen) atoms. The molecule has 1 atom stereocenters. The molecule has 1 aliphatic rings. The zero-order valence-corrected chi connectivity index (χ0v) is 4.40. The van der Waals surface area contributed by atoms with E-state index in [0.29, 0.717) is 0 Å². The average molecular weight is 109 g/mol. The van der Waals surface area contributed by atoms with Crippen LogP contribution in [0.1, 0.15) is 0 Å². The lowest BCUT2D eigenvalue weighted by molar-refractivity contribution is 1.07. The van der Waals surface area contributed by atoms with Crippen molar-refractivity contribution in [2.75, 3.05) is 0 Å². The Morgan fingerprint density at radius 3 is 3.00 bits per heavy atom. The molecule has 0 aromatic heterocycles. The molecule has 1 unspecified atom stereocenters. The highest BCUT2D eigenvalue weighted by Gasteiger charge is 2.07. The summed E-state index contributed by atoms with van der Waals surface area (Å²) < 4.78 is 0. The van der Waals surface area contributed by atoms with Crippen molar-refractivity contribution in [3.8, 4) is 6.07 Å². The maximum atomic E-state index is 8.19. The summed E-state index contributed by atoms with van der Waals surface area (Å²) in [4.78, 5) is 0. The number of hydrogen-bond acceptors (Lipinski definition) is 2. The summed E-state index contributed by atoms with van der Waals surface area (Å²) in [5.41, 5.74) is 0.